The third-order valence-corrected chi connectivity index (χ3v) is 6.25. The predicted octanol–water partition coefficient (Wildman–Crippen LogP) is -2.04. The smallest absolute Gasteiger partial charge is 0.534 e. The van der Waals surface area contributed by atoms with Gasteiger partial charge in [0, 0.05) is 5.41 Å². The number of aromatic carboxylic acids is 1. The SMILES string of the molecule is CC(C)(O/N=C(\C(=O)NC1Cc2cccc(C(=O)O)c2OB1O)C1=CSC(N)N1)C(=O)NC(CO)C(=O)O. The van der Waals surface area contributed by atoms with Gasteiger partial charge in [-0.05, 0) is 31.9 Å². The average Bonchev–Trinajstić information content (AvgIpc) is 3.27. The van der Waals surface area contributed by atoms with Gasteiger partial charge in [0.05, 0.1) is 23.8 Å². The second kappa shape index (κ2) is 11.7. The number of rotatable bonds is 10. The number of hydrogen-bond donors (Lipinski definition) is 8. The van der Waals surface area contributed by atoms with Crippen molar-refractivity contribution in [3.63, 3.8) is 0 Å². The van der Waals surface area contributed by atoms with Crippen molar-refractivity contribution in [3.05, 3.63) is 40.4 Å². The van der Waals surface area contributed by atoms with E-state index in [1.807, 2.05) is 0 Å². The Balaban J connectivity index is 1.80. The third-order valence-electron chi connectivity index (χ3n) is 5.46. The monoisotopic (exact) mass is 551 g/mol. The Labute approximate surface area is 220 Å². The average molecular weight is 551 g/mol. The Kier molecular flexibility index (Phi) is 8.87. The van der Waals surface area contributed by atoms with Crippen molar-refractivity contribution < 1.29 is 49.0 Å². The van der Waals surface area contributed by atoms with Crippen LogP contribution in [-0.2, 0) is 25.6 Å². The summed E-state index contributed by atoms with van der Waals surface area (Å²) in [5, 5.41) is 50.8. The van der Waals surface area contributed by atoms with Crippen molar-refractivity contribution in [2.24, 2.45) is 10.9 Å². The number of benzene rings is 1. The van der Waals surface area contributed by atoms with E-state index in [-0.39, 0.29) is 29.1 Å². The molecule has 0 aromatic heterocycles. The van der Waals surface area contributed by atoms with E-state index in [0.29, 0.717) is 5.56 Å². The van der Waals surface area contributed by atoms with E-state index in [1.54, 1.807) is 6.07 Å². The van der Waals surface area contributed by atoms with Crippen LogP contribution in [0, 0.1) is 0 Å². The molecule has 0 saturated heterocycles. The first-order valence-corrected chi connectivity index (χ1v) is 12.1. The van der Waals surface area contributed by atoms with Crippen LogP contribution in [0.25, 0.3) is 0 Å². The van der Waals surface area contributed by atoms with Crippen molar-refractivity contribution in [2.45, 2.75) is 43.4 Å². The van der Waals surface area contributed by atoms with Crippen LogP contribution in [0.1, 0.15) is 29.8 Å². The van der Waals surface area contributed by atoms with Gasteiger partial charge in [-0.2, -0.15) is 0 Å². The summed E-state index contributed by atoms with van der Waals surface area (Å²) in [6.45, 7) is 1.68. The summed E-state index contributed by atoms with van der Waals surface area (Å²) in [5.74, 6) is -5.49. The van der Waals surface area contributed by atoms with Crippen molar-refractivity contribution >= 4 is 48.3 Å². The number of carbonyl (C=O) groups excluding carboxylic acids is 2. The summed E-state index contributed by atoms with van der Waals surface area (Å²) in [6, 6.07) is 2.85. The van der Waals surface area contributed by atoms with Crippen molar-refractivity contribution in [2.75, 3.05) is 6.61 Å². The second-order valence-electron chi connectivity index (χ2n) is 8.71. The van der Waals surface area contributed by atoms with E-state index < -0.39 is 60.6 Å². The highest BCUT2D eigenvalue weighted by atomic mass is 32.2. The molecule has 1 aromatic carbocycles. The normalized spacial score (nSPS) is 19.8. The molecule has 17 heteroatoms. The Hall–Kier alpha value is -3.80. The van der Waals surface area contributed by atoms with Crippen LogP contribution in [0.3, 0.4) is 0 Å². The first-order chi connectivity index (χ1) is 17.8. The summed E-state index contributed by atoms with van der Waals surface area (Å²) in [4.78, 5) is 53.6. The number of para-hydroxylation sites is 1. The molecule has 38 heavy (non-hydrogen) atoms. The fourth-order valence-corrected chi connectivity index (χ4v) is 4.03. The van der Waals surface area contributed by atoms with Gasteiger partial charge in [-0.1, -0.05) is 29.1 Å². The second-order valence-corrected chi connectivity index (χ2v) is 9.73. The molecule has 3 atom stereocenters. The van der Waals surface area contributed by atoms with Crippen LogP contribution in [0.15, 0.2) is 34.5 Å². The lowest BCUT2D eigenvalue weighted by atomic mass is 9.72. The molecule has 0 saturated carbocycles. The number of nitrogens with two attached hydrogens (primary N) is 1. The molecule has 204 valence electrons. The summed E-state index contributed by atoms with van der Waals surface area (Å²) in [7, 11) is -1.59. The number of thioether (sulfide) groups is 1. The van der Waals surface area contributed by atoms with E-state index in [4.69, 9.17) is 25.4 Å². The van der Waals surface area contributed by atoms with Gasteiger partial charge in [-0.15, -0.1) is 0 Å². The largest absolute Gasteiger partial charge is 0.547 e. The number of fused-ring (bicyclic) bond motifs is 1. The highest BCUT2D eigenvalue weighted by Crippen LogP contribution is 2.30. The van der Waals surface area contributed by atoms with Crippen LogP contribution in [0.5, 0.6) is 5.75 Å². The topological polar surface area (TPSA) is 242 Å². The number of aliphatic hydroxyl groups is 1. The first-order valence-electron chi connectivity index (χ1n) is 11.1. The summed E-state index contributed by atoms with van der Waals surface area (Å²) in [6.07, 6.45) is 0.0316. The maximum absolute atomic E-state index is 13.2. The van der Waals surface area contributed by atoms with Gasteiger partial charge in [-0.3, -0.25) is 9.59 Å². The number of carbonyl (C=O) groups is 4. The third kappa shape index (κ3) is 6.55. The minimum atomic E-state index is -1.78. The lowest BCUT2D eigenvalue weighted by Gasteiger charge is -2.29. The number of nitrogens with one attached hydrogen (secondary N) is 3. The number of amides is 2. The molecule has 15 nitrogen and oxygen atoms in total. The number of aliphatic hydroxyl groups excluding tert-OH is 1. The van der Waals surface area contributed by atoms with Gasteiger partial charge in [-0.25, -0.2) is 9.59 Å². The van der Waals surface area contributed by atoms with Crippen molar-refractivity contribution in [1.82, 2.24) is 16.0 Å². The molecule has 1 aromatic rings. The number of aliphatic carboxylic acids is 1. The number of carboxylic acid groups (broad SMARTS) is 2. The highest BCUT2D eigenvalue weighted by molar-refractivity contribution is 8.02. The maximum Gasteiger partial charge on any atom is 0.547 e. The standard InChI is InChI=1S/C21H26BN5O10S/c1-21(2,19(34)24-11(7-28)18(32)33)37-27-14(12-8-38-20(23)25-12)16(29)26-13-6-9-4-3-5-10(17(30)31)15(9)36-22(13)35/h3-5,8,11,13,20,25,28,35H,6-7,23H2,1-2H3,(H,24,34)(H,26,29)(H,30,31)(H,32,33)/b27-14-. The van der Waals surface area contributed by atoms with Gasteiger partial charge in [0.1, 0.15) is 17.3 Å². The maximum atomic E-state index is 13.2. The van der Waals surface area contributed by atoms with Gasteiger partial charge in [0.15, 0.2) is 5.71 Å². The molecule has 0 spiro atoms. The molecule has 0 fully saturated rings. The molecule has 2 heterocycles. The van der Waals surface area contributed by atoms with Crippen LogP contribution in [0.2, 0.25) is 0 Å². The molecule has 0 radical (unpaired) electrons. The van der Waals surface area contributed by atoms with E-state index >= 15 is 0 Å². The number of oxime groups is 1. The molecule has 3 rings (SSSR count). The molecule has 2 aliphatic heterocycles. The first kappa shape index (κ1) is 28.8. The molecule has 3 unspecified atom stereocenters. The summed E-state index contributed by atoms with van der Waals surface area (Å²) in [5.41, 5.74) is 3.54. The van der Waals surface area contributed by atoms with E-state index in [9.17, 15) is 29.3 Å². The minimum Gasteiger partial charge on any atom is -0.534 e. The van der Waals surface area contributed by atoms with Gasteiger partial charge >= 0.3 is 19.1 Å². The van der Waals surface area contributed by atoms with Crippen LogP contribution >= 0.6 is 11.8 Å². The van der Waals surface area contributed by atoms with E-state index in [2.05, 4.69) is 21.1 Å². The molecule has 0 aliphatic carbocycles. The van der Waals surface area contributed by atoms with Crippen LogP contribution in [0.4, 0.5) is 0 Å². The highest BCUT2D eigenvalue weighted by Gasteiger charge is 2.40. The minimum absolute atomic E-state index is 0.00642. The lowest BCUT2D eigenvalue weighted by molar-refractivity contribution is -0.150. The fourth-order valence-electron chi connectivity index (χ4n) is 3.37. The zero-order valence-corrected chi connectivity index (χ0v) is 21.0. The number of carboxylic acids is 2. The molecule has 0 bridgehead atoms. The molecular weight excluding hydrogens is 525 g/mol. The Morgan fingerprint density at radius 2 is 2.05 bits per heavy atom. The molecule has 9 N–H and O–H groups in total. The van der Waals surface area contributed by atoms with Gasteiger partial charge in [0.2, 0.25) is 5.60 Å². The van der Waals surface area contributed by atoms with E-state index in [0.717, 1.165) is 11.8 Å². The number of hydrogen-bond acceptors (Lipinski definition) is 12. The van der Waals surface area contributed by atoms with E-state index in [1.165, 1.54) is 31.4 Å². The summed E-state index contributed by atoms with van der Waals surface area (Å²) < 4.78 is 5.39. The molecular formula is C21H26BN5O10S. The number of nitrogens with zero attached hydrogens (tertiary/aromatic N) is 1. The zero-order valence-electron chi connectivity index (χ0n) is 20.2. The molecule has 2 amide bonds. The fraction of sp³-hybridized carbons (Fsp3) is 0.381. The van der Waals surface area contributed by atoms with Gasteiger partial charge < -0.3 is 51.5 Å². The van der Waals surface area contributed by atoms with Crippen molar-refractivity contribution in [1.29, 1.82) is 0 Å². The Morgan fingerprint density at radius 3 is 2.63 bits per heavy atom. The van der Waals surface area contributed by atoms with Crippen LogP contribution in [-0.4, -0.2) is 86.6 Å². The lowest BCUT2D eigenvalue weighted by Crippen LogP contribution is -2.55. The molecule has 2 aliphatic rings. The Bertz CT molecular complexity index is 1190. The van der Waals surface area contributed by atoms with Crippen LogP contribution < -0.4 is 26.3 Å². The Morgan fingerprint density at radius 1 is 1.34 bits per heavy atom. The quantitative estimate of drug-likeness (QED) is 0.0889. The summed E-state index contributed by atoms with van der Waals surface area (Å²) >= 11 is 1.13. The predicted molar refractivity (Wildman–Crippen MR) is 134 cm³/mol. The van der Waals surface area contributed by atoms with Gasteiger partial charge in [0.25, 0.3) is 11.8 Å². The van der Waals surface area contributed by atoms with Crippen molar-refractivity contribution in [3.8, 4) is 5.75 Å². The zero-order chi connectivity index (χ0) is 28.2.